The zero-order valence-corrected chi connectivity index (χ0v) is 17.8. The predicted octanol–water partition coefficient (Wildman–Crippen LogP) is 4.51. The molecule has 0 bridgehead atoms. The van der Waals surface area contributed by atoms with Gasteiger partial charge in [-0.3, -0.25) is 4.79 Å². The first-order valence-corrected chi connectivity index (χ1v) is 10.5. The minimum atomic E-state index is -0.222. The molecule has 1 heterocycles. The number of anilines is 1. The van der Waals surface area contributed by atoms with Crippen molar-refractivity contribution in [1.82, 2.24) is 4.90 Å². The van der Waals surface area contributed by atoms with Crippen LogP contribution in [-0.4, -0.2) is 42.1 Å². The van der Waals surface area contributed by atoms with Crippen LogP contribution in [0.25, 0.3) is 0 Å². The van der Waals surface area contributed by atoms with Gasteiger partial charge in [0.2, 0.25) is 0 Å². The third kappa shape index (κ3) is 5.94. The maximum atomic E-state index is 12.2. The van der Waals surface area contributed by atoms with Gasteiger partial charge in [-0.25, -0.2) is 0 Å². The van der Waals surface area contributed by atoms with E-state index in [1.54, 1.807) is 0 Å². The summed E-state index contributed by atoms with van der Waals surface area (Å²) in [5.41, 5.74) is 1.68. The lowest BCUT2D eigenvalue weighted by molar-refractivity contribution is -0.118. The van der Waals surface area contributed by atoms with Crippen LogP contribution >= 0.6 is 12.2 Å². The number of nitrogens with zero attached hydrogens (tertiary/aromatic N) is 1. The Kier molecular flexibility index (Phi) is 7.47. The number of hydrogen-bond donors (Lipinski definition) is 1. The Balaban J connectivity index is 1.64. The largest absolute Gasteiger partial charge is 0.490 e. The summed E-state index contributed by atoms with van der Waals surface area (Å²) in [5.74, 6) is 1.67. The van der Waals surface area contributed by atoms with E-state index in [4.69, 9.17) is 21.7 Å². The highest BCUT2D eigenvalue weighted by Crippen LogP contribution is 2.30. The molecule has 3 rings (SSSR count). The van der Waals surface area contributed by atoms with E-state index in [1.165, 1.54) is 0 Å². The molecule has 1 aliphatic rings. The van der Waals surface area contributed by atoms with E-state index in [1.807, 2.05) is 55.5 Å². The van der Waals surface area contributed by atoms with Crippen molar-refractivity contribution in [1.29, 1.82) is 0 Å². The van der Waals surface area contributed by atoms with E-state index in [0.717, 1.165) is 48.1 Å². The average molecular weight is 413 g/mol. The highest BCUT2D eigenvalue weighted by Gasteiger charge is 2.20. The summed E-state index contributed by atoms with van der Waals surface area (Å²) < 4.78 is 11.5. The molecule has 5 nitrogen and oxygen atoms in total. The molecule has 0 unspecified atom stereocenters. The van der Waals surface area contributed by atoms with Gasteiger partial charge < -0.3 is 19.7 Å². The maximum Gasteiger partial charge on any atom is 0.262 e. The molecule has 1 N–H and O–H groups in total. The fraction of sp³-hybridized carbons (Fsp3) is 0.391. The predicted molar refractivity (Wildman–Crippen MR) is 120 cm³/mol. The molecule has 29 heavy (non-hydrogen) atoms. The van der Waals surface area contributed by atoms with Crippen LogP contribution in [0.5, 0.6) is 11.5 Å². The summed E-state index contributed by atoms with van der Waals surface area (Å²) in [6.07, 6.45) is 2.33. The first-order chi connectivity index (χ1) is 14.1. The number of likely N-dealkylation sites (tertiary alicyclic amines) is 1. The van der Waals surface area contributed by atoms with Crippen LogP contribution in [0, 0.1) is 5.92 Å². The molecule has 0 aliphatic carbocycles. The van der Waals surface area contributed by atoms with Crippen LogP contribution in [0.1, 0.15) is 32.3 Å². The van der Waals surface area contributed by atoms with Gasteiger partial charge in [-0.2, -0.15) is 0 Å². The number of amides is 1. The fourth-order valence-electron chi connectivity index (χ4n) is 3.28. The highest BCUT2D eigenvalue weighted by molar-refractivity contribution is 7.80. The van der Waals surface area contributed by atoms with Gasteiger partial charge in [-0.15, -0.1) is 0 Å². The van der Waals surface area contributed by atoms with Gasteiger partial charge in [-0.05, 0) is 56.0 Å². The molecule has 1 saturated heterocycles. The average Bonchev–Trinajstić information content (AvgIpc) is 2.74. The first-order valence-electron chi connectivity index (χ1n) is 10.1. The number of carbonyl (C=O) groups is 1. The van der Waals surface area contributed by atoms with Gasteiger partial charge in [-0.1, -0.05) is 37.3 Å². The Bertz CT molecular complexity index is 833. The molecule has 0 saturated carbocycles. The van der Waals surface area contributed by atoms with Crippen molar-refractivity contribution >= 4 is 28.8 Å². The molecule has 1 aliphatic heterocycles. The third-order valence-electron chi connectivity index (χ3n) is 4.98. The molecular formula is C23H28N2O3S. The lowest BCUT2D eigenvalue weighted by Crippen LogP contribution is -2.37. The van der Waals surface area contributed by atoms with E-state index < -0.39 is 0 Å². The highest BCUT2D eigenvalue weighted by atomic mass is 32.1. The Morgan fingerprint density at radius 3 is 2.52 bits per heavy atom. The van der Waals surface area contributed by atoms with Gasteiger partial charge in [0.15, 0.2) is 18.1 Å². The molecule has 0 atom stereocenters. The minimum absolute atomic E-state index is 0.0945. The second-order valence-electron chi connectivity index (χ2n) is 7.27. The van der Waals surface area contributed by atoms with Crippen molar-refractivity contribution in [3.63, 3.8) is 0 Å². The number of piperidine rings is 1. The number of thiocarbonyl (C=S) groups is 1. The number of ether oxygens (including phenoxy) is 2. The van der Waals surface area contributed by atoms with Crippen molar-refractivity contribution < 1.29 is 14.3 Å². The zero-order valence-electron chi connectivity index (χ0n) is 17.0. The van der Waals surface area contributed by atoms with E-state index in [2.05, 4.69) is 17.1 Å². The normalized spacial score (nSPS) is 14.3. The Labute approximate surface area is 178 Å². The SMILES string of the molecule is CCOc1cc(C(=S)N2CCC(C)CC2)ccc1OCC(=O)Nc1ccccc1. The monoisotopic (exact) mass is 412 g/mol. The quantitative estimate of drug-likeness (QED) is 0.678. The standard InChI is InChI=1S/C23H28N2O3S/c1-3-27-21-15-18(23(29)25-13-11-17(2)12-14-25)9-10-20(21)28-16-22(26)24-19-7-5-4-6-8-19/h4-10,15,17H,3,11-14,16H2,1-2H3,(H,24,26). The van der Waals surface area contributed by atoms with Gasteiger partial charge in [0, 0.05) is 24.3 Å². The van der Waals surface area contributed by atoms with Crippen LogP contribution < -0.4 is 14.8 Å². The number of rotatable bonds is 7. The fourth-order valence-corrected chi connectivity index (χ4v) is 3.59. The van der Waals surface area contributed by atoms with E-state index in [-0.39, 0.29) is 12.5 Å². The summed E-state index contributed by atoms with van der Waals surface area (Å²) in [6.45, 7) is 6.59. The van der Waals surface area contributed by atoms with Crippen molar-refractivity contribution in [2.45, 2.75) is 26.7 Å². The molecule has 0 spiro atoms. The number of para-hydroxylation sites is 1. The molecule has 154 valence electrons. The van der Waals surface area contributed by atoms with Gasteiger partial charge in [0.1, 0.15) is 4.99 Å². The van der Waals surface area contributed by atoms with Crippen molar-refractivity contribution in [2.75, 3.05) is 31.6 Å². The Morgan fingerprint density at radius 2 is 1.83 bits per heavy atom. The lowest BCUT2D eigenvalue weighted by atomic mass is 9.99. The summed E-state index contributed by atoms with van der Waals surface area (Å²) >= 11 is 5.71. The van der Waals surface area contributed by atoms with E-state index in [9.17, 15) is 4.79 Å². The van der Waals surface area contributed by atoms with Crippen LogP contribution in [0.3, 0.4) is 0 Å². The van der Waals surface area contributed by atoms with E-state index >= 15 is 0 Å². The van der Waals surface area contributed by atoms with Crippen LogP contribution in [0.2, 0.25) is 0 Å². The summed E-state index contributed by atoms with van der Waals surface area (Å²) in [4.78, 5) is 15.3. The summed E-state index contributed by atoms with van der Waals surface area (Å²) in [7, 11) is 0. The van der Waals surface area contributed by atoms with Crippen molar-refractivity contribution in [3.05, 3.63) is 54.1 Å². The zero-order chi connectivity index (χ0) is 20.6. The number of nitrogens with one attached hydrogen (secondary N) is 1. The number of hydrogen-bond acceptors (Lipinski definition) is 4. The number of carbonyl (C=O) groups excluding carboxylic acids is 1. The number of benzene rings is 2. The Hall–Kier alpha value is -2.60. The second kappa shape index (κ2) is 10.3. The van der Waals surface area contributed by atoms with Gasteiger partial charge in [0.25, 0.3) is 5.91 Å². The summed E-state index contributed by atoms with van der Waals surface area (Å²) in [5, 5.41) is 2.81. The molecular weight excluding hydrogens is 384 g/mol. The molecule has 6 heteroatoms. The first kappa shape index (κ1) is 21.1. The smallest absolute Gasteiger partial charge is 0.262 e. The van der Waals surface area contributed by atoms with Crippen LogP contribution in [0.4, 0.5) is 5.69 Å². The van der Waals surface area contributed by atoms with Crippen molar-refractivity contribution in [3.8, 4) is 11.5 Å². The molecule has 1 amide bonds. The topological polar surface area (TPSA) is 50.8 Å². The Morgan fingerprint density at radius 1 is 1.10 bits per heavy atom. The molecule has 0 aromatic heterocycles. The second-order valence-corrected chi connectivity index (χ2v) is 7.66. The molecule has 2 aromatic carbocycles. The molecule has 1 fully saturated rings. The van der Waals surface area contributed by atoms with E-state index in [0.29, 0.717) is 18.1 Å². The van der Waals surface area contributed by atoms with Crippen LogP contribution in [0.15, 0.2) is 48.5 Å². The van der Waals surface area contributed by atoms with Gasteiger partial charge >= 0.3 is 0 Å². The molecule has 2 aromatic rings. The van der Waals surface area contributed by atoms with Crippen LogP contribution in [-0.2, 0) is 4.79 Å². The third-order valence-corrected chi connectivity index (χ3v) is 5.47. The summed E-state index contributed by atoms with van der Waals surface area (Å²) in [6, 6.07) is 15.0. The van der Waals surface area contributed by atoms with Gasteiger partial charge in [0.05, 0.1) is 6.61 Å². The maximum absolute atomic E-state index is 12.2. The van der Waals surface area contributed by atoms with Crippen molar-refractivity contribution in [2.24, 2.45) is 5.92 Å². The minimum Gasteiger partial charge on any atom is -0.490 e. The lowest BCUT2D eigenvalue weighted by Gasteiger charge is -2.32. The molecule has 0 radical (unpaired) electrons.